The predicted octanol–water partition coefficient (Wildman–Crippen LogP) is 3.24. The van der Waals surface area contributed by atoms with E-state index in [4.69, 9.17) is 11.6 Å². The van der Waals surface area contributed by atoms with Crippen LogP contribution in [0.2, 0.25) is 5.02 Å². The van der Waals surface area contributed by atoms with Gasteiger partial charge in [0, 0.05) is 23.7 Å². The first kappa shape index (κ1) is 15.7. The number of benzene rings is 1. The summed E-state index contributed by atoms with van der Waals surface area (Å²) >= 11 is 5.82. The summed E-state index contributed by atoms with van der Waals surface area (Å²) in [7, 11) is 0. The lowest BCUT2D eigenvalue weighted by Gasteiger charge is -2.31. The van der Waals surface area contributed by atoms with E-state index in [0.717, 1.165) is 12.8 Å². The van der Waals surface area contributed by atoms with Gasteiger partial charge in [-0.05, 0) is 25.0 Å². The van der Waals surface area contributed by atoms with Crippen molar-refractivity contribution in [2.75, 3.05) is 18.1 Å². The van der Waals surface area contributed by atoms with Crippen molar-refractivity contribution in [2.24, 2.45) is 0 Å². The second-order valence-electron chi connectivity index (χ2n) is 4.28. The van der Waals surface area contributed by atoms with E-state index >= 15 is 0 Å². The molecule has 0 atom stereocenters. The Labute approximate surface area is 117 Å². The molecule has 0 saturated carbocycles. The predicted molar refractivity (Wildman–Crippen MR) is 76.9 cm³/mol. The van der Waals surface area contributed by atoms with Crippen LogP contribution in [0.15, 0.2) is 18.2 Å². The molecular formula is C13H19ClN2O3. The molecule has 0 spiro atoms. The van der Waals surface area contributed by atoms with Crippen molar-refractivity contribution in [3.05, 3.63) is 33.3 Å². The molecule has 0 bridgehead atoms. The summed E-state index contributed by atoms with van der Waals surface area (Å²) in [6, 6.07) is 4.79. The summed E-state index contributed by atoms with van der Waals surface area (Å²) in [6.45, 7) is 4.38. The molecule has 0 heterocycles. The fourth-order valence-electron chi connectivity index (χ4n) is 2.22. The number of nitrogens with zero attached hydrogens (tertiary/aromatic N) is 2. The Hall–Kier alpha value is -1.33. The van der Waals surface area contributed by atoms with Crippen LogP contribution in [-0.2, 0) is 0 Å². The van der Waals surface area contributed by atoms with Crippen molar-refractivity contribution in [1.82, 2.24) is 0 Å². The second kappa shape index (κ2) is 7.31. The summed E-state index contributed by atoms with van der Waals surface area (Å²) in [5.74, 6) is 0. The van der Waals surface area contributed by atoms with E-state index in [0.29, 0.717) is 17.3 Å². The zero-order valence-electron chi connectivity index (χ0n) is 11.2. The Morgan fingerprint density at radius 1 is 1.42 bits per heavy atom. The molecule has 1 aromatic rings. The Bertz CT molecular complexity index is 436. The number of anilines is 1. The highest BCUT2D eigenvalue weighted by Crippen LogP contribution is 2.33. The van der Waals surface area contributed by atoms with Gasteiger partial charge in [-0.25, -0.2) is 0 Å². The number of aliphatic hydroxyl groups is 1. The normalized spacial score (nSPS) is 10.8. The molecule has 6 heteroatoms. The molecule has 0 aliphatic rings. The van der Waals surface area contributed by atoms with Crippen LogP contribution in [0.4, 0.5) is 11.4 Å². The SMILES string of the molecule is CCC(CC)N(CCO)c1ccc(Cl)cc1[N+](=O)[O-]. The van der Waals surface area contributed by atoms with Gasteiger partial charge in [0.25, 0.3) is 5.69 Å². The number of aliphatic hydroxyl groups excluding tert-OH is 1. The summed E-state index contributed by atoms with van der Waals surface area (Å²) in [6.07, 6.45) is 1.71. The highest BCUT2D eigenvalue weighted by molar-refractivity contribution is 6.30. The Morgan fingerprint density at radius 3 is 2.53 bits per heavy atom. The topological polar surface area (TPSA) is 66.6 Å². The van der Waals surface area contributed by atoms with Crippen LogP contribution in [0.5, 0.6) is 0 Å². The fraction of sp³-hybridized carbons (Fsp3) is 0.538. The molecule has 0 aliphatic carbocycles. The van der Waals surface area contributed by atoms with E-state index in [-0.39, 0.29) is 18.3 Å². The second-order valence-corrected chi connectivity index (χ2v) is 4.71. The standard InChI is InChI=1S/C13H19ClN2O3/c1-3-11(4-2)15(7-8-17)12-6-5-10(14)9-13(12)16(18)19/h5-6,9,11,17H,3-4,7-8H2,1-2H3. The Kier molecular flexibility index (Phi) is 6.05. The lowest BCUT2D eigenvalue weighted by Crippen LogP contribution is -2.37. The van der Waals surface area contributed by atoms with Crippen LogP contribution >= 0.6 is 11.6 Å². The van der Waals surface area contributed by atoms with Crippen molar-refractivity contribution >= 4 is 23.0 Å². The molecule has 1 N–H and O–H groups in total. The first-order chi connectivity index (χ1) is 9.04. The average Bonchev–Trinajstić information content (AvgIpc) is 2.39. The van der Waals surface area contributed by atoms with Crippen molar-refractivity contribution < 1.29 is 10.0 Å². The Morgan fingerprint density at radius 2 is 2.05 bits per heavy atom. The van der Waals surface area contributed by atoms with Crippen molar-refractivity contribution in [3.63, 3.8) is 0 Å². The van der Waals surface area contributed by atoms with E-state index < -0.39 is 4.92 Å². The van der Waals surface area contributed by atoms with Crippen LogP contribution in [0.25, 0.3) is 0 Å². The molecule has 0 radical (unpaired) electrons. The van der Waals surface area contributed by atoms with Crippen LogP contribution in [0.3, 0.4) is 0 Å². The monoisotopic (exact) mass is 286 g/mol. The van der Waals surface area contributed by atoms with Gasteiger partial charge >= 0.3 is 0 Å². The van der Waals surface area contributed by atoms with Gasteiger partial charge in [-0.1, -0.05) is 25.4 Å². The number of halogens is 1. The molecule has 0 amide bonds. The molecule has 0 saturated heterocycles. The van der Waals surface area contributed by atoms with Crippen molar-refractivity contribution in [1.29, 1.82) is 0 Å². The molecular weight excluding hydrogens is 268 g/mol. The molecule has 1 rings (SSSR count). The summed E-state index contributed by atoms with van der Waals surface area (Å²) in [5, 5.41) is 20.7. The highest BCUT2D eigenvalue weighted by atomic mass is 35.5. The van der Waals surface area contributed by atoms with Gasteiger partial charge in [-0.15, -0.1) is 0 Å². The highest BCUT2D eigenvalue weighted by Gasteiger charge is 2.23. The van der Waals surface area contributed by atoms with Crippen LogP contribution in [0.1, 0.15) is 26.7 Å². The first-order valence-corrected chi connectivity index (χ1v) is 6.74. The van der Waals surface area contributed by atoms with Gasteiger partial charge in [-0.2, -0.15) is 0 Å². The van der Waals surface area contributed by atoms with Crippen LogP contribution in [-0.4, -0.2) is 29.2 Å². The molecule has 0 fully saturated rings. The summed E-state index contributed by atoms with van der Waals surface area (Å²) < 4.78 is 0. The third-order valence-corrected chi connectivity index (χ3v) is 3.40. The van der Waals surface area contributed by atoms with E-state index in [1.807, 2.05) is 18.7 Å². The molecule has 1 aromatic carbocycles. The van der Waals surface area contributed by atoms with E-state index in [1.165, 1.54) is 6.07 Å². The average molecular weight is 287 g/mol. The molecule has 0 aromatic heterocycles. The van der Waals surface area contributed by atoms with Crippen molar-refractivity contribution in [3.8, 4) is 0 Å². The van der Waals surface area contributed by atoms with E-state index in [9.17, 15) is 15.2 Å². The maximum absolute atomic E-state index is 11.1. The molecule has 0 unspecified atom stereocenters. The third kappa shape index (κ3) is 3.81. The zero-order chi connectivity index (χ0) is 14.4. The number of rotatable bonds is 7. The minimum Gasteiger partial charge on any atom is -0.395 e. The maximum atomic E-state index is 11.1. The van der Waals surface area contributed by atoms with Gasteiger partial charge in [0.05, 0.1) is 11.5 Å². The minimum atomic E-state index is -0.437. The lowest BCUT2D eigenvalue weighted by molar-refractivity contribution is -0.384. The smallest absolute Gasteiger partial charge is 0.294 e. The summed E-state index contributed by atoms with van der Waals surface area (Å²) in [5.41, 5.74) is 0.491. The van der Waals surface area contributed by atoms with E-state index in [1.54, 1.807) is 12.1 Å². The van der Waals surface area contributed by atoms with E-state index in [2.05, 4.69) is 0 Å². The van der Waals surface area contributed by atoms with Crippen LogP contribution in [0, 0.1) is 10.1 Å². The molecule has 0 aliphatic heterocycles. The number of nitro groups is 1. The van der Waals surface area contributed by atoms with Gasteiger partial charge < -0.3 is 10.0 Å². The van der Waals surface area contributed by atoms with Crippen LogP contribution < -0.4 is 4.90 Å². The van der Waals surface area contributed by atoms with Gasteiger partial charge in [-0.3, -0.25) is 10.1 Å². The minimum absolute atomic E-state index is 0.0205. The molecule has 106 valence electrons. The molecule has 5 nitrogen and oxygen atoms in total. The first-order valence-electron chi connectivity index (χ1n) is 6.36. The maximum Gasteiger partial charge on any atom is 0.294 e. The molecule has 19 heavy (non-hydrogen) atoms. The third-order valence-electron chi connectivity index (χ3n) is 3.17. The largest absolute Gasteiger partial charge is 0.395 e. The zero-order valence-corrected chi connectivity index (χ0v) is 11.9. The van der Waals surface area contributed by atoms with Gasteiger partial charge in [0.2, 0.25) is 0 Å². The fourth-order valence-corrected chi connectivity index (χ4v) is 2.39. The quantitative estimate of drug-likeness (QED) is 0.617. The van der Waals surface area contributed by atoms with Gasteiger partial charge in [0.15, 0.2) is 0 Å². The lowest BCUT2D eigenvalue weighted by atomic mass is 10.1. The Balaban J connectivity index is 3.25. The number of nitro benzene ring substituents is 1. The number of hydrogen-bond donors (Lipinski definition) is 1. The number of hydrogen-bond acceptors (Lipinski definition) is 4. The van der Waals surface area contributed by atoms with Crippen molar-refractivity contribution in [2.45, 2.75) is 32.7 Å². The van der Waals surface area contributed by atoms with Gasteiger partial charge in [0.1, 0.15) is 5.69 Å². The summed E-state index contributed by atoms with van der Waals surface area (Å²) in [4.78, 5) is 12.6.